The minimum Gasteiger partial charge on any atom is -0.254 e. The predicted molar refractivity (Wildman–Crippen MR) is 87.8 cm³/mol. The summed E-state index contributed by atoms with van der Waals surface area (Å²) >= 11 is 0. The number of hydrogen-bond acceptors (Lipinski definition) is 1. The molecule has 1 heteroatoms. The maximum absolute atomic E-state index is 4.29. The molecular formula is C20H16N. The van der Waals surface area contributed by atoms with E-state index in [1.54, 1.807) is 0 Å². The molecule has 1 aromatic heterocycles. The highest BCUT2D eigenvalue weighted by Gasteiger charge is 2.12. The maximum Gasteiger partial charge on any atom is 0.0977 e. The molecule has 21 heavy (non-hydrogen) atoms. The Bertz CT molecular complexity index is 730. The first-order valence-corrected chi connectivity index (χ1v) is 7.01. The van der Waals surface area contributed by atoms with Crippen LogP contribution >= 0.6 is 0 Å². The van der Waals surface area contributed by atoms with E-state index in [9.17, 15) is 0 Å². The number of nitrogens with zero attached hydrogens (tertiary/aromatic N) is 1. The third kappa shape index (κ3) is 2.77. The van der Waals surface area contributed by atoms with E-state index in [2.05, 4.69) is 54.2 Å². The van der Waals surface area contributed by atoms with Gasteiger partial charge in [0, 0.05) is 11.8 Å². The topological polar surface area (TPSA) is 12.9 Å². The zero-order valence-electron chi connectivity index (χ0n) is 11.8. The molecule has 0 aliphatic heterocycles. The van der Waals surface area contributed by atoms with Gasteiger partial charge >= 0.3 is 0 Å². The van der Waals surface area contributed by atoms with E-state index < -0.39 is 0 Å². The number of aromatic nitrogens is 1. The summed E-state index contributed by atoms with van der Waals surface area (Å²) in [6.07, 6.45) is 7.76. The molecule has 1 heterocycles. The van der Waals surface area contributed by atoms with Crippen LogP contribution in [0.3, 0.4) is 0 Å². The molecule has 0 aliphatic rings. The van der Waals surface area contributed by atoms with E-state index in [4.69, 9.17) is 0 Å². The molecule has 0 saturated carbocycles. The Hall–Kier alpha value is -2.67. The molecule has 0 N–H and O–H groups in total. The van der Waals surface area contributed by atoms with Gasteiger partial charge in [0.25, 0.3) is 0 Å². The average Bonchev–Trinajstić information content (AvgIpc) is 2.56. The lowest BCUT2D eigenvalue weighted by Gasteiger charge is -2.13. The first-order chi connectivity index (χ1) is 10.4. The second-order valence-corrected chi connectivity index (χ2v) is 4.87. The zero-order valence-corrected chi connectivity index (χ0v) is 11.8. The molecule has 0 aliphatic carbocycles. The lowest BCUT2D eigenvalue weighted by Crippen LogP contribution is -1.94. The van der Waals surface area contributed by atoms with Gasteiger partial charge in [-0.25, -0.2) is 0 Å². The summed E-state index contributed by atoms with van der Waals surface area (Å²) in [6.45, 7) is 3.86. The van der Waals surface area contributed by atoms with E-state index in [1.807, 2.05) is 36.5 Å². The summed E-state index contributed by atoms with van der Waals surface area (Å²) in [4.78, 5) is 4.29. The molecule has 0 atom stereocenters. The quantitative estimate of drug-likeness (QED) is 0.612. The van der Waals surface area contributed by atoms with Crippen LogP contribution in [0.4, 0.5) is 0 Å². The largest absolute Gasteiger partial charge is 0.254 e. The minimum absolute atomic E-state index is 0.797. The van der Waals surface area contributed by atoms with E-state index in [-0.39, 0.29) is 0 Å². The SMILES string of the molecule is C=CCc1cn[c]c(-c2ccccc2)c1-c1ccccc1. The molecule has 1 radical (unpaired) electrons. The maximum atomic E-state index is 4.29. The van der Waals surface area contributed by atoms with Crippen LogP contribution in [0.15, 0.2) is 79.5 Å². The average molecular weight is 270 g/mol. The predicted octanol–water partition coefficient (Wildman–Crippen LogP) is 4.94. The highest BCUT2D eigenvalue weighted by Crippen LogP contribution is 2.34. The molecular weight excluding hydrogens is 254 g/mol. The van der Waals surface area contributed by atoms with Crippen molar-refractivity contribution in [1.29, 1.82) is 0 Å². The summed E-state index contributed by atoms with van der Waals surface area (Å²) in [5, 5.41) is 0. The molecule has 0 fully saturated rings. The van der Waals surface area contributed by atoms with Crippen molar-refractivity contribution in [1.82, 2.24) is 4.98 Å². The highest BCUT2D eigenvalue weighted by molar-refractivity contribution is 5.84. The van der Waals surface area contributed by atoms with Crippen molar-refractivity contribution in [3.8, 4) is 22.3 Å². The first-order valence-electron chi connectivity index (χ1n) is 7.01. The van der Waals surface area contributed by atoms with Gasteiger partial charge in [0.2, 0.25) is 0 Å². The van der Waals surface area contributed by atoms with Crippen LogP contribution in [-0.2, 0) is 6.42 Å². The molecule has 0 bridgehead atoms. The van der Waals surface area contributed by atoms with Crippen molar-refractivity contribution >= 4 is 0 Å². The smallest absolute Gasteiger partial charge is 0.0977 e. The molecule has 101 valence electrons. The third-order valence-corrected chi connectivity index (χ3v) is 3.46. The van der Waals surface area contributed by atoms with Gasteiger partial charge in [-0.3, -0.25) is 4.98 Å². The number of benzene rings is 2. The Morgan fingerprint density at radius 1 is 0.905 bits per heavy atom. The van der Waals surface area contributed by atoms with Gasteiger partial charge in [0.1, 0.15) is 0 Å². The Morgan fingerprint density at radius 2 is 1.52 bits per heavy atom. The van der Waals surface area contributed by atoms with Crippen LogP contribution in [0.2, 0.25) is 0 Å². The van der Waals surface area contributed by atoms with E-state index >= 15 is 0 Å². The van der Waals surface area contributed by atoms with Gasteiger partial charge in [0.15, 0.2) is 0 Å². The fourth-order valence-corrected chi connectivity index (χ4v) is 2.51. The van der Waals surface area contributed by atoms with Crippen LogP contribution in [-0.4, -0.2) is 4.98 Å². The fraction of sp³-hybridized carbons (Fsp3) is 0.0500. The van der Waals surface area contributed by atoms with Gasteiger partial charge in [-0.05, 0) is 28.7 Å². The van der Waals surface area contributed by atoms with Crippen molar-refractivity contribution in [3.63, 3.8) is 0 Å². The van der Waals surface area contributed by atoms with Crippen LogP contribution < -0.4 is 0 Å². The first kappa shape index (κ1) is 13.3. The number of hydrogen-bond donors (Lipinski definition) is 0. The normalized spacial score (nSPS) is 10.3. The Labute approximate surface area is 125 Å². The lowest BCUT2D eigenvalue weighted by molar-refractivity contribution is 1.19. The molecule has 2 aromatic carbocycles. The van der Waals surface area contributed by atoms with Gasteiger partial charge in [-0.15, -0.1) is 6.58 Å². The van der Waals surface area contributed by atoms with Crippen molar-refractivity contribution in [2.24, 2.45) is 0 Å². The highest BCUT2D eigenvalue weighted by atomic mass is 14.6. The van der Waals surface area contributed by atoms with Crippen LogP contribution in [0.25, 0.3) is 22.3 Å². The number of rotatable bonds is 4. The molecule has 0 saturated heterocycles. The second-order valence-electron chi connectivity index (χ2n) is 4.87. The van der Waals surface area contributed by atoms with E-state index in [0.717, 1.165) is 17.5 Å². The molecule has 0 amide bonds. The standard InChI is InChI=1S/C20H16N/c1-2-9-18-14-21-15-19(16-10-5-3-6-11-16)20(18)17-12-7-4-8-13-17/h2-8,10-14H,1,9H2. The van der Waals surface area contributed by atoms with Crippen molar-refractivity contribution in [3.05, 3.63) is 91.3 Å². The molecule has 3 rings (SSSR count). The van der Waals surface area contributed by atoms with Crippen LogP contribution in [0.1, 0.15) is 5.56 Å². The Balaban J connectivity index is 2.25. The molecule has 0 spiro atoms. The van der Waals surface area contributed by atoms with Gasteiger partial charge in [-0.1, -0.05) is 66.7 Å². The molecule has 1 nitrogen and oxygen atoms in total. The zero-order chi connectivity index (χ0) is 14.5. The molecule has 3 aromatic rings. The summed E-state index contributed by atoms with van der Waals surface area (Å²) in [7, 11) is 0. The Kier molecular flexibility index (Phi) is 3.92. The van der Waals surface area contributed by atoms with Crippen LogP contribution in [0.5, 0.6) is 0 Å². The van der Waals surface area contributed by atoms with Gasteiger partial charge < -0.3 is 0 Å². The summed E-state index contributed by atoms with van der Waals surface area (Å²) in [5.74, 6) is 0. The Morgan fingerprint density at radius 3 is 2.14 bits per heavy atom. The van der Waals surface area contributed by atoms with Gasteiger partial charge in [-0.2, -0.15) is 0 Å². The minimum atomic E-state index is 0.797. The van der Waals surface area contributed by atoms with Crippen LogP contribution in [0, 0.1) is 6.20 Å². The lowest BCUT2D eigenvalue weighted by atomic mass is 9.91. The van der Waals surface area contributed by atoms with Gasteiger partial charge in [0.05, 0.1) is 6.20 Å². The van der Waals surface area contributed by atoms with E-state index in [1.165, 1.54) is 16.7 Å². The van der Waals surface area contributed by atoms with Crippen molar-refractivity contribution in [2.45, 2.75) is 6.42 Å². The number of pyridine rings is 1. The summed E-state index contributed by atoms with van der Waals surface area (Å²) < 4.78 is 0. The van der Waals surface area contributed by atoms with Crippen molar-refractivity contribution < 1.29 is 0 Å². The monoisotopic (exact) mass is 270 g/mol. The summed E-state index contributed by atoms with van der Waals surface area (Å²) in [6, 6.07) is 20.7. The fourth-order valence-electron chi connectivity index (χ4n) is 2.51. The van der Waals surface area contributed by atoms with E-state index in [0.29, 0.717) is 0 Å². The summed E-state index contributed by atoms with van der Waals surface area (Å²) in [5.41, 5.74) is 5.73. The molecule has 0 unspecified atom stereocenters. The third-order valence-electron chi connectivity index (χ3n) is 3.46. The second kappa shape index (κ2) is 6.19. The van der Waals surface area contributed by atoms with Crippen molar-refractivity contribution in [2.75, 3.05) is 0 Å². The number of allylic oxidation sites excluding steroid dienone is 1.